The zero-order valence-corrected chi connectivity index (χ0v) is 18.2. The van der Waals surface area contributed by atoms with Crippen LogP contribution in [0.2, 0.25) is 10.0 Å². The first-order chi connectivity index (χ1) is 15.6. The van der Waals surface area contributed by atoms with Crippen molar-refractivity contribution >= 4 is 46.7 Å². The van der Waals surface area contributed by atoms with Gasteiger partial charge in [0.2, 0.25) is 5.95 Å². The van der Waals surface area contributed by atoms with Crippen LogP contribution < -0.4 is 10.6 Å². The number of hydrogen-bond donors (Lipinski definition) is 2. The van der Waals surface area contributed by atoms with Crippen molar-refractivity contribution in [3.63, 3.8) is 0 Å². The lowest BCUT2D eigenvalue weighted by Crippen LogP contribution is -2.20. The highest BCUT2D eigenvalue weighted by molar-refractivity contribution is 6.31. The largest absolute Gasteiger partial charge is 0.324 e. The number of carbonyl (C=O) groups is 1. The van der Waals surface area contributed by atoms with Gasteiger partial charge in [0.15, 0.2) is 0 Å². The third-order valence-electron chi connectivity index (χ3n) is 5.07. The molecule has 5 rings (SSSR count). The zero-order valence-electron chi connectivity index (χ0n) is 16.7. The molecule has 1 atom stereocenters. The summed E-state index contributed by atoms with van der Waals surface area (Å²) < 4.78 is 1.75. The monoisotopic (exact) mass is 461 g/mol. The second kappa shape index (κ2) is 8.49. The number of fused-ring (bicyclic) bond motifs is 1. The summed E-state index contributed by atoms with van der Waals surface area (Å²) in [6, 6.07) is 24.0. The molecule has 1 amide bonds. The first kappa shape index (κ1) is 20.3. The molecule has 8 heteroatoms. The van der Waals surface area contributed by atoms with Gasteiger partial charge in [-0.2, -0.15) is 4.98 Å². The van der Waals surface area contributed by atoms with Crippen LogP contribution in [-0.4, -0.2) is 20.7 Å². The van der Waals surface area contributed by atoms with E-state index in [1.54, 1.807) is 28.9 Å². The van der Waals surface area contributed by atoms with Gasteiger partial charge in [-0.1, -0.05) is 71.7 Å². The van der Waals surface area contributed by atoms with Crippen LogP contribution in [0.5, 0.6) is 0 Å². The van der Waals surface area contributed by atoms with Crippen molar-refractivity contribution in [3.8, 4) is 0 Å². The van der Waals surface area contributed by atoms with E-state index in [0.717, 1.165) is 16.8 Å². The molecule has 3 aromatic carbocycles. The van der Waals surface area contributed by atoms with E-state index in [1.165, 1.54) is 0 Å². The minimum absolute atomic E-state index is 0.198. The Morgan fingerprint density at radius 1 is 0.938 bits per heavy atom. The summed E-state index contributed by atoms with van der Waals surface area (Å²) >= 11 is 12.1. The van der Waals surface area contributed by atoms with E-state index >= 15 is 0 Å². The molecule has 0 bridgehead atoms. The highest BCUT2D eigenvalue weighted by Gasteiger charge is 2.26. The maximum atomic E-state index is 12.6. The number of aromatic nitrogens is 3. The summed E-state index contributed by atoms with van der Waals surface area (Å²) in [6.07, 6.45) is 2.07. The number of halogens is 2. The van der Waals surface area contributed by atoms with Crippen LogP contribution in [0.25, 0.3) is 5.70 Å². The topological polar surface area (TPSA) is 71.8 Å². The normalized spacial score (nSPS) is 14.8. The number of anilines is 2. The van der Waals surface area contributed by atoms with E-state index in [-0.39, 0.29) is 17.9 Å². The number of allylic oxidation sites excluding steroid dienone is 1. The van der Waals surface area contributed by atoms with Gasteiger partial charge in [-0.25, -0.2) is 4.68 Å². The average molecular weight is 462 g/mol. The summed E-state index contributed by atoms with van der Waals surface area (Å²) in [5.74, 6) is 0.384. The molecule has 0 saturated heterocycles. The first-order valence-corrected chi connectivity index (χ1v) is 10.7. The third kappa shape index (κ3) is 4.10. The average Bonchev–Trinajstić information content (AvgIpc) is 3.21. The van der Waals surface area contributed by atoms with Crippen molar-refractivity contribution in [1.29, 1.82) is 0 Å². The highest BCUT2D eigenvalue weighted by atomic mass is 35.5. The van der Waals surface area contributed by atoms with Crippen LogP contribution in [0, 0.1) is 0 Å². The van der Waals surface area contributed by atoms with E-state index in [0.29, 0.717) is 21.6 Å². The molecule has 158 valence electrons. The van der Waals surface area contributed by atoms with Crippen LogP contribution in [0.1, 0.15) is 27.5 Å². The third-order valence-corrected chi connectivity index (χ3v) is 5.56. The lowest BCUT2D eigenvalue weighted by molar-refractivity contribution is 0.102. The quantitative estimate of drug-likeness (QED) is 0.397. The zero-order chi connectivity index (χ0) is 22.1. The summed E-state index contributed by atoms with van der Waals surface area (Å²) in [5.41, 5.74) is 3.31. The van der Waals surface area contributed by atoms with Crippen LogP contribution in [0.15, 0.2) is 84.9 Å². The van der Waals surface area contributed by atoms with Gasteiger partial charge in [-0.3, -0.25) is 10.1 Å². The van der Waals surface area contributed by atoms with Gasteiger partial charge < -0.3 is 5.32 Å². The molecule has 0 aliphatic carbocycles. The molecule has 1 aliphatic heterocycles. The maximum absolute atomic E-state index is 12.6. The smallest absolute Gasteiger partial charge is 0.258 e. The molecule has 0 unspecified atom stereocenters. The summed E-state index contributed by atoms with van der Waals surface area (Å²) in [4.78, 5) is 17.2. The fourth-order valence-electron chi connectivity index (χ4n) is 3.53. The fraction of sp³-hybridized carbons (Fsp3) is 0.0417. The summed E-state index contributed by atoms with van der Waals surface area (Å²) in [7, 11) is 0. The molecule has 6 nitrogen and oxygen atoms in total. The number of hydrogen-bond acceptors (Lipinski definition) is 4. The van der Waals surface area contributed by atoms with Crippen LogP contribution in [0.3, 0.4) is 0 Å². The van der Waals surface area contributed by atoms with E-state index in [4.69, 9.17) is 23.2 Å². The molecule has 2 heterocycles. The molecular formula is C24H17Cl2N5O. The van der Waals surface area contributed by atoms with Crippen molar-refractivity contribution in [3.05, 3.63) is 112 Å². The van der Waals surface area contributed by atoms with Crippen LogP contribution >= 0.6 is 23.2 Å². The second-order valence-corrected chi connectivity index (χ2v) is 8.11. The number of rotatable bonds is 4. The molecule has 1 aromatic heterocycles. The SMILES string of the molecule is O=C(Nc1nc2n(n1)[C@H](c1ccccc1)C=C(c1ccc(Cl)cc1)N2)c1cccc(Cl)c1. The van der Waals surface area contributed by atoms with Crippen molar-refractivity contribution in [2.24, 2.45) is 0 Å². The Labute approximate surface area is 194 Å². The lowest BCUT2D eigenvalue weighted by Gasteiger charge is -2.24. The number of nitrogens with one attached hydrogen (secondary N) is 2. The first-order valence-electron chi connectivity index (χ1n) is 9.90. The lowest BCUT2D eigenvalue weighted by atomic mass is 10.0. The minimum atomic E-state index is -0.336. The Morgan fingerprint density at radius 2 is 1.72 bits per heavy atom. The molecule has 0 spiro atoms. The van der Waals surface area contributed by atoms with E-state index < -0.39 is 0 Å². The molecule has 1 aliphatic rings. The second-order valence-electron chi connectivity index (χ2n) is 7.24. The van der Waals surface area contributed by atoms with Crippen molar-refractivity contribution in [2.75, 3.05) is 10.6 Å². The number of carbonyl (C=O) groups excluding carboxylic acids is 1. The van der Waals surface area contributed by atoms with E-state index in [2.05, 4.69) is 26.8 Å². The van der Waals surface area contributed by atoms with Crippen LogP contribution in [-0.2, 0) is 0 Å². The predicted molar refractivity (Wildman–Crippen MR) is 127 cm³/mol. The van der Waals surface area contributed by atoms with Gasteiger partial charge in [0.05, 0.1) is 0 Å². The van der Waals surface area contributed by atoms with E-state index in [9.17, 15) is 4.79 Å². The Morgan fingerprint density at radius 3 is 2.47 bits per heavy atom. The standard InChI is InChI=1S/C24H17Cl2N5O/c25-18-11-9-15(10-12-18)20-14-21(16-5-2-1-3-6-16)31-24(27-20)29-23(30-31)28-22(32)17-7-4-8-19(26)13-17/h1-14,21H,(H2,27,28,29,30,32)/t21-/m0/s1. The Balaban J connectivity index is 1.50. The molecule has 0 saturated carbocycles. The Kier molecular flexibility index (Phi) is 5.39. The number of nitrogens with zero attached hydrogens (tertiary/aromatic N) is 3. The van der Waals surface area contributed by atoms with Gasteiger partial charge in [0, 0.05) is 21.3 Å². The molecule has 4 aromatic rings. The summed E-state index contributed by atoms with van der Waals surface area (Å²) in [6.45, 7) is 0. The maximum Gasteiger partial charge on any atom is 0.258 e. The molecular weight excluding hydrogens is 445 g/mol. The van der Waals surface area contributed by atoms with Gasteiger partial charge in [-0.05, 0) is 47.5 Å². The summed E-state index contributed by atoms with van der Waals surface area (Å²) in [5, 5.41) is 11.8. The minimum Gasteiger partial charge on any atom is -0.324 e. The number of benzene rings is 3. The van der Waals surface area contributed by atoms with Crippen molar-refractivity contribution in [1.82, 2.24) is 14.8 Å². The molecule has 0 radical (unpaired) electrons. The molecule has 0 fully saturated rings. The predicted octanol–water partition coefficient (Wildman–Crippen LogP) is 5.89. The van der Waals surface area contributed by atoms with Gasteiger partial charge in [-0.15, -0.1) is 5.10 Å². The Hall–Kier alpha value is -3.61. The van der Waals surface area contributed by atoms with Gasteiger partial charge in [0.25, 0.3) is 11.9 Å². The van der Waals surface area contributed by atoms with Crippen molar-refractivity contribution < 1.29 is 4.79 Å². The van der Waals surface area contributed by atoms with Gasteiger partial charge >= 0.3 is 0 Å². The van der Waals surface area contributed by atoms with Gasteiger partial charge in [0.1, 0.15) is 6.04 Å². The van der Waals surface area contributed by atoms with Crippen molar-refractivity contribution in [2.45, 2.75) is 6.04 Å². The van der Waals surface area contributed by atoms with E-state index in [1.807, 2.05) is 54.6 Å². The fourth-order valence-corrected chi connectivity index (χ4v) is 3.85. The number of amides is 1. The van der Waals surface area contributed by atoms with Crippen LogP contribution in [0.4, 0.5) is 11.9 Å². The Bertz CT molecular complexity index is 1320. The highest BCUT2D eigenvalue weighted by Crippen LogP contribution is 2.33. The molecule has 32 heavy (non-hydrogen) atoms. The molecule has 2 N–H and O–H groups in total.